The van der Waals surface area contributed by atoms with Crippen LogP contribution in [0.4, 0.5) is 4.39 Å². The predicted octanol–water partition coefficient (Wildman–Crippen LogP) is 5.01. The first kappa shape index (κ1) is 17.0. The van der Waals surface area contributed by atoms with E-state index in [0.717, 1.165) is 12.8 Å². The molecule has 0 amide bonds. The minimum atomic E-state index is -0.713. The van der Waals surface area contributed by atoms with E-state index in [1.54, 1.807) is 13.0 Å². The van der Waals surface area contributed by atoms with Crippen molar-refractivity contribution in [2.75, 3.05) is 6.61 Å². The van der Waals surface area contributed by atoms with Gasteiger partial charge in [-0.2, -0.15) is 0 Å². The third-order valence-electron chi connectivity index (χ3n) is 3.43. The molecule has 1 aromatic rings. The summed E-state index contributed by atoms with van der Waals surface area (Å²) in [6, 6.07) is 4.30. The summed E-state index contributed by atoms with van der Waals surface area (Å²) in [5, 5.41) is 9.61. The van der Waals surface area contributed by atoms with Gasteiger partial charge in [-0.3, -0.25) is 0 Å². The Balaban J connectivity index is 2.25. The maximum absolute atomic E-state index is 13.1. The lowest BCUT2D eigenvalue weighted by atomic mass is 10.1. The molecule has 0 unspecified atom stereocenters. The highest BCUT2D eigenvalue weighted by Crippen LogP contribution is 2.26. The third kappa shape index (κ3) is 6.38. The molecule has 0 aliphatic carbocycles. The quantitative estimate of drug-likeness (QED) is 0.611. The van der Waals surface area contributed by atoms with Gasteiger partial charge in [0.05, 0.1) is 12.7 Å². The van der Waals surface area contributed by atoms with Crippen molar-refractivity contribution in [1.29, 1.82) is 0 Å². The van der Waals surface area contributed by atoms with Gasteiger partial charge >= 0.3 is 0 Å². The number of hydrogen-bond donors (Lipinski definition) is 1. The number of aliphatic hydroxyl groups excluding tert-OH is 1. The summed E-state index contributed by atoms with van der Waals surface area (Å²) in [4.78, 5) is 0. The van der Waals surface area contributed by atoms with Crippen LogP contribution in [-0.4, -0.2) is 11.7 Å². The van der Waals surface area contributed by atoms with E-state index in [1.807, 2.05) is 0 Å². The summed E-state index contributed by atoms with van der Waals surface area (Å²) >= 11 is 0. The summed E-state index contributed by atoms with van der Waals surface area (Å²) in [6.07, 6.45) is 7.91. The molecule has 0 heterocycles. The van der Waals surface area contributed by atoms with Gasteiger partial charge in [-0.15, -0.1) is 0 Å². The first-order valence-corrected chi connectivity index (χ1v) is 7.75. The second kappa shape index (κ2) is 9.76. The van der Waals surface area contributed by atoms with Crippen LogP contribution in [0.15, 0.2) is 18.2 Å². The predicted molar refractivity (Wildman–Crippen MR) is 80.5 cm³/mol. The minimum absolute atomic E-state index is 0.343. The number of aliphatic hydroxyl groups is 1. The van der Waals surface area contributed by atoms with Crippen LogP contribution in [0, 0.1) is 5.82 Å². The fraction of sp³-hybridized carbons (Fsp3) is 0.647. The van der Waals surface area contributed by atoms with Crippen molar-refractivity contribution < 1.29 is 14.2 Å². The first-order chi connectivity index (χ1) is 9.65. The molecule has 3 heteroatoms. The molecule has 1 N–H and O–H groups in total. The Morgan fingerprint density at radius 2 is 1.75 bits per heavy atom. The van der Waals surface area contributed by atoms with Gasteiger partial charge in [0, 0.05) is 5.56 Å². The monoisotopic (exact) mass is 282 g/mol. The Labute approximate surface area is 122 Å². The molecular weight excluding hydrogens is 255 g/mol. The largest absolute Gasteiger partial charge is 0.493 e. The van der Waals surface area contributed by atoms with Gasteiger partial charge < -0.3 is 9.84 Å². The molecule has 0 spiro atoms. The lowest BCUT2D eigenvalue weighted by molar-refractivity contribution is 0.190. The Bertz CT molecular complexity index is 377. The Kier molecular flexibility index (Phi) is 8.28. The molecule has 0 saturated heterocycles. The highest BCUT2D eigenvalue weighted by Gasteiger charge is 2.10. The molecular formula is C17H27FO2. The van der Waals surface area contributed by atoms with Crippen molar-refractivity contribution in [1.82, 2.24) is 0 Å². The molecule has 114 valence electrons. The average Bonchev–Trinajstić information content (AvgIpc) is 2.43. The number of ether oxygens (including phenoxy) is 1. The topological polar surface area (TPSA) is 29.5 Å². The maximum Gasteiger partial charge on any atom is 0.125 e. The van der Waals surface area contributed by atoms with Gasteiger partial charge in [-0.1, -0.05) is 45.4 Å². The van der Waals surface area contributed by atoms with Crippen LogP contribution in [0.3, 0.4) is 0 Å². The van der Waals surface area contributed by atoms with E-state index in [2.05, 4.69) is 6.92 Å². The summed E-state index contributed by atoms with van der Waals surface area (Å²) in [5.41, 5.74) is 0.521. The van der Waals surface area contributed by atoms with Crippen LogP contribution in [-0.2, 0) is 0 Å². The van der Waals surface area contributed by atoms with Gasteiger partial charge in [-0.25, -0.2) is 4.39 Å². The third-order valence-corrected chi connectivity index (χ3v) is 3.43. The van der Waals surface area contributed by atoms with E-state index in [4.69, 9.17) is 4.74 Å². The Morgan fingerprint density at radius 3 is 2.40 bits per heavy atom. The van der Waals surface area contributed by atoms with Gasteiger partial charge in [0.2, 0.25) is 0 Å². The second-order valence-corrected chi connectivity index (χ2v) is 5.33. The molecule has 1 rings (SSSR count). The van der Waals surface area contributed by atoms with Crippen LogP contribution in [0.2, 0.25) is 0 Å². The number of halogens is 1. The molecule has 1 atom stereocenters. The number of rotatable bonds is 10. The molecule has 0 aliphatic heterocycles. The Morgan fingerprint density at radius 1 is 1.10 bits per heavy atom. The van der Waals surface area contributed by atoms with E-state index < -0.39 is 6.10 Å². The molecule has 0 aromatic heterocycles. The van der Waals surface area contributed by atoms with E-state index in [0.29, 0.717) is 17.9 Å². The molecule has 0 fully saturated rings. The maximum atomic E-state index is 13.1. The number of unbranched alkanes of at least 4 members (excludes halogenated alkanes) is 6. The summed E-state index contributed by atoms with van der Waals surface area (Å²) in [6.45, 7) is 4.46. The van der Waals surface area contributed by atoms with Crippen molar-refractivity contribution >= 4 is 0 Å². The number of benzene rings is 1. The van der Waals surface area contributed by atoms with Crippen LogP contribution in [0.1, 0.15) is 70.5 Å². The van der Waals surface area contributed by atoms with Gasteiger partial charge in [-0.05, 0) is 31.5 Å². The highest BCUT2D eigenvalue weighted by molar-refractivity contribution is 5.35. The zero-order valence-electron chi connectivity index (χ0n) is 12.7. The van der Waals surface area contributed by atoms with Crippen LogP contribution in [0.25, 0.3) is 0 Å². The molecule has 0 aliphatic rings. The van der Waals surface area contributed by atoms with Crippen molar-refractivity contribution in [2.24, 2.45) is 0 Å². The molecule has 0 bridgehead atoms. The summed E-state index contributed by atoms with van der Waals surface area (Å²) in [7, 11) is 0. The fourth-order valence-electron chi connectivity index (χ4n) is 2.22. The van der Waals surface area contributed by atoms with E-state index in [-0.39, 0.29) is 5.82 Å². The van der Waals surface area contributed by atoms with Gasteiger partial charge in [0.25, 0.3) is 0 Å². The lowest BCUT2D eigenvalue weighted by Crippen LogP contribution is -2.03. The second-order valence-electron chi connectivity index (χ2n) is 5.33. The van der Waals surface area contributed by atoms with Crippen molar-refractivity contribution in [3.05, 3.63) is 29.6 Å². The van der Waals surface area contributed by atoms with Crippen LogP contribution >= 0.6 is 0 Å². The van der Waals surface area contributed by atoms with Gasteiger partial charge in [0.1, 0.15) is 11.6 Å². The van der Waals surface area contributed by atoms with E-state index in [9.17, 15) is 9.50 Å². The Hall–Kier alpha value is -1.09. The van der Waals surface area contributed by atoms with Crippen molar-refractivity contribution in [3.8, 4) is 5.75 Å². The first-order valence-electron chi connectivity index (χ1n) is 7.75. The van der Waals surface area contributed by atoms with Crippen molar-refractivity contribution in [3.63, 3.8) is 0 Å². The SMILES string of the molecule is CCCCCCCCCOc1ccc(F)cc1[C@H](C)O. The standard InChI is InChI=1S/C17H27FO2/c1-3-4-5-6-7-8-9-12-20-17-11-10-15(18)13-16(17)14(2)19/h10-11,13-14,19H,3-9,12H2,1-2H3/t14-/m0/s1. The summed E-state index contributed by atoms with van der Waals surface area (Å²) < 4.78 is 18.8. The molecule has 2 nitrogen and oxygen atoms in total. The number of hydrogen-bond acceptors (Lipinski definition) is 2. The van der Waals surface area contributed by atoms with Crippen LogP contribution < -0.4 is 4.74 Å². The molecule has 20 heavy (non-hydrogen) atoms. The van der Waals surface area contributed by atoms with Crippen molar-refractivity contribution in [2.45, 2.75) is 64.9 Å². The van der Waals surface area contributed by atoms with Crippen LogP contribution in [0.5, 0.6) is 5.75 Å². The van der Waals surface area contributed by atoms with E-state index >= 15 is 0 Å². The zero-order valence-corrected chi connectivity index (χ0v) is 12.7. The fourth-order valence-corrected chi connectivity index (χ4v) is 2.22. The molecule has 0 radical (unpaired) electrons. The summed E-state index contributed by atoms with van der Waals surface area (Å²) in [5.74, 6) is 0.247. The molecule has 0 saturated carbocycles. The minimum Gasteiger partial charge on any atom is -0.493 e. The van der Waals surface area contributed by atoms with E-state index in [1.165, 1.54) is 44.2 Å². The zero-order chi connectivity index (χ0) is 14.8. The normalized spacial score (nSPS) is 12.4. The highest BCUT2D eigenvalue weighted by atomic mass is 19.1. The average molecular weight is 282 g/mol. The smallest absolute Gasteiger partial charge is 0.125 e. The van der Waals surface area contributed by atoms with Gasteiger partial charge in [0.15, 0.2) is 0 Å². The molecule has 1 aromatic carbocycles. The lowest BCUT2D eigenvalue weighted by Gasteiger charge is -2.13.